The smallest absolute Gasteiger partial charge is 0.235 e. The van der Waals surface area contributed by atoms with Crippen molar-refractivity contribution in [3.63, 3.8) is 0 Å². The molecular weight excluding hydrogens is 312 g/mol. The van der Waals surface area contributed by atoms with E-state index < -0.39 is 0 Å². The maximum absolute atomic E-state index is 12.0. The Bertz CT molecular complexity index is 667. The van der Waals surface area contributed by atoms with Gasteiger partial charge in [-0.3, -0.25) is 4.79 Å². The lowest BCUT2D eigenvalue weighted by molar-refractivity contribution is -0.127. The fourth-order valence-electron chi connectivity index (χ4n) is 2.19. The van der Waals surface area contributed by atoms with Crippen LogP contribution in [0.4, 0.5) is 0 Å². The Morgan fingerprint density at radius 3 is 2.48 bits per heavy atom. The highest BCUT2D eigenvalue weighted by atomic mass is 32.2. The van der Waals surface area contributed by atoms with Gasteiger partial charge in [0.15, 0.2) is 11.0 Å². The molecule has 0 aliphatic heterocycles. The highest BCUT2D eigenvalue weighted by Crippen LogP contribution is 2.28. The summed E-state index contributed by atoms with van der Waals surface area (Å²) in [6.07, 6.45) is 0. The van der Waals surface area contributed by atoms with Gasteiger partial charge in [0.1, 0.15) is 5.75 Å². The summed E-state index contributed by atoms with van der Waals surface area (Å²) in [4.78, 5) is 13.6. The lowest BCUT2D eigenvalue weighted by Gasteiger charge is -2.16. The second-order valence-electron chi connectivity index (χ2n) is 5.27. The van der Waals surface area contributed by atoms with E-state index in [-0.39, 0.29) is 11.2 Å². The van der Waals surface area contributed by atoms with Gasteiger partial charge in [-0.1, -0.05) is 11.8 Å². The SMILES string of the molecule is CCn1c(S[C@H](C)C(=O)N(C)C)nnc1-c1ccc(OC)cc1. The van der Waals surface area contributed by atoms with Gasteiger partial charge >= 0.3 is 0 Å². The monoisotopic (exact) mass is 334 g/mol. The molecule has 0 unspecified atom stereocenters. The van der Waals surface area contributed by atoms with Crippen molar-refractivity contribution in [2.45, 2.75) is 30.8 Å². The second-order valence-corrected chi connectivity index (χ2v) is 6.58. The van der Waals surface area contributed by atoms with E-state index in [9.17, 15) is 4.79 Å². The molecule has 7 heteroatoms. The van der Waals surface area contributed by atoms with Crippen LogP contribution in [0.25, 0.3) is 11.4 Å². The van der Waals surface area contributed by atoms with Gasteiger partial charge in [-0.15, -0.1) is 10.2 Å². The molecule has 124 valence electrons. The highest BCUT2D eigenvalue weighted by Gasteiger charge is 2.21. The van der Waals surface area contributed by atoms with E-state index in [4.69, 9.17) is 4.74 Å². The van der Waals surface area contributed by atoms with E-state index >= 15 is 0 Å². The number of benzene rings is 1. The third kappa shape index (κ3) is 3.85. The number of amides is 1. The van der Waals surface area contributed by atoms with Gasteiger partial charge in [-0.05, 0) is 38.1 Å². The zero-order valence-electron chi connectivity index (χ0n) is 14.1. The van der Waals surface area contributed by atoms with Crippen molar-refractivity contribution >= 4 is 17.7 Å². The van der Waals surface area contributed by atoms with E-state index in [0.717, 1.165) is 28.8 Å². The Hall–Kier alpha value is -2.02. The lowest BCUT2D eigenvalue weighted by atomic mass is 10.2. The molecule has 23 heavy (non-hydrogen) atoms. The number of rotatable bonds is 6. The Labute approximate surface area is 140 Å². The summed E-state index contributed by atoms with van der Waals surface area (Å²) in [5.41, 5.74) is 0.971. The summed E-state index contributed by atoms with van der Waals surface area (Å²) < 4.78 is 7.20. The normalized spacial score (nSPS) is 12.0. The van der Waals surface area contributed by atoms with E-state index in [1.165, 1.54) is 11.8 Å². The van der Waals surface area contributed by atoms with Crippen molar-refractivity contribution in [1.82, 2.24) is 19.7 Å². The van der Waals surface area contributed by atoms with Gasteiger partial charge in [-0.2, -0.15) is 0 Å². The summed E-state index contributed by atoms with van der Waals surface area (Å²) in [6.45, 7) is 4.66. The molecule has 6 nitrogen and oxygen atoms in total. The third-order valence-corrected chi connectivity index (χ3v) is 4.52. The largest absolute Gasteiger partial charge is 0.497 e. The number of nitrogens with zero attached hydrogens (tertiary/aromatic N) is 4. The van der Waals surface area contributed by atoms with Crippen LogP contribution < -0.4 is 4.74 Å². The van der Waals surface area contributed by atoms with Gasteiger partial charge in [0.2, 0.25) is 5.91 Å². The van der Waals surface area contributed by atoms with Crippen molar-refractivity contribution in [2.75, 3.05) is 21.2 Å². The van der Waals surface area contributed by atoms with Crippen LogP contribution in [0.5, 0.6) is 5.75 Å². The first kappa shape index (κ1) is 17.3. The predicted octanol–water partition coefficient (Wildman–Crippen LogP) is 2.54. The van der Waals surface area contributed by atoms with E-state index in [2.05, 4.69) is 10.2 Å². The predicted molar refractivity (Wildman–Crippen MR) is 91.7 cm³/mol. The second kappa shape index (κ2) is 7.50. The minimum Gasteiger partial charge on any atom is -0.497 e. The van der Waals surface area contributed by atoms with Gasteiger partial charge < -0.3 is 14.2 Å². The lowest BCUT2D eigenvalue weighted by Crippen LogP contribution is -2.29. The fraction of sp³-hybridized carbons (Fsp3) is 0.438. The van der Waals surface area contributed by atoms with Gasteiger partial charge in [0.25, 0.3) is 0 Å². The molecule has 1 amide bonds. The van der Waals surface area contributed by atoms with Gasteiger partial charge in [0, 0.05) is 26.2 Å². The molecule has 1 atom stereocenters. The zero-order chi connectivity index (χ0) is 17.0. The van der Waals surface area contributed by atoms with Crippen molar-refractivity contribution in [2.24, 2.45) is 0 Å². The molecule has 2 aromatic rings. The van der Waals surface area contributed by atoms with Crippen LogP contribution in [-0.4, -0.2) is 52.0 Å². The molecule has 0 aliphatic carbocycles. The van der Waals surface area contributed by atoms with E-state index in [1.54, 1.807) is 26.1 Å². The fourth-order valence-corrected chi connectivity index (χ4v) is 3.25. The molecule has 1 heterocycles. The molecule has 0 saturated heterocycles. The van der Waals surface area contributed by atoms with Crippen LogP contribution in [0.1, 0.15) is 13.8 Å². The minimum atomic E-state index is -0.205. The molecule has 0 fully saturated rings. The zero-order valence-corrected chi connectivity index (χ0v) is 14.9. The van der Waals surface area contributed by atoms with Crippen LogP contribution in [0.2, 0.25) is 0 Å². The van der Waals surface area contributed by atoms with Crippen molar-refractivity contribution in [3.05, 3.63) is 24.3 Å². The number of ether oxygens (including phenoxy) is 1. The molecule has 0 spiro atoms. The number of carbonyl (C=O) groups is 1. The Kier molecular flexibility index (Phi) is 5.65. The summed E-state index contributed by atoms with van der Waals surface area (Å²) in [6, 6.07) is 7.71. The Morgan fingerprint density at radius 1 is 1.30 bits per heavy atom. The molecule has 0 N–H and O–H groups in total. The first-order chi connectivity index (χ1) is 11.0. The third-order valence-electron chi connectivity index (χ3n) is 3.45. The number of thioether (sulfide) groups is 1. The van der Waals surface area contributed by atoms with Crippen LogP contribution in [-0.2, 0) is 11.3 Å². The van der Waals surface area contributed by atoms with Crippen LogP contribution >= 0.6 is 11.8 Å². The summed E-state index contributed by atoms with van der Waals surface area (Å²) in [5.74, 6) is 1.66. The Balaban J connectivity index is 2.27. The van der Waals surface area contributed by atoms with E-state index in [1.807, 2.05) is 42.7 Å². The summed E-state index contributed by atoms with van der Waals surface area (Å²) in [5, 5.41) is 9.10. The number of carbonyl (C=O) groups excluding carboxylic acids is 1. The van der Waals surface area contributed by atoms with Crippen molar-refractivity contribution < 1.29 is 9.53 Å². The molecule has 2 rings (SSSR count). The maximum Gasteiger partial charge on any atom is 0.235 e. The number of hydrogen-bond acceptors (Lipinski definition) is 5. The van der Waals surface area contributed by atoms with Gasteiger partial charge in [0.05, 0.1) is 12.4 Å². The van der Waals surface area contributed by atoms with Crippen LogP contribution in [0.15, 0.2) is 29.4 Å². The number of hydrogen-bond donors (Lipinski definition) is 0. The average Bonchev–Trinajstić information content (AvgIpc) is 2.96. The minimum absolute atomic E-state index is 0.0617. The maximum atomic E-state index is 12.0. The standard InChI is InChI=1S/C16H22N4O2S/c1-6-20-14(12-7-9-13(22-5)10-8-12)17-18-16(20)23-11(2)15(21)19(3)4/h7-11H,6H2,1-5H3/t11-/m1/s1. The summed E-state index contributed by atoms with van der Waals surface area (Å²) >= 11 is 1.43. The molecule has 1 aromatic heterocycles. The first-order valence-electron chi connectivity index (χ1n) is 7.43. The van der Waals surface area contributed by atoms with E-state index in [0.29, 0.717) is 0 Å². The van der Waals surface area contributed by atoms with Gasteiger partial charge in [-0.25, -0.2) is 0 Å². The Morgan fingerprint density at radius 2 is 1.96 bits per heavy atom. The van der Waals surface area contributed by atoms with Crippen molar-refractivity contribution in [1.29, 1.82) is 0 Å². The molecule has 1 aromatic carbocycles. The van der Waals surface area contributed by atoms with Crippen molar-refractivity contribution in [3.8, 4) is 17.1 Å². The van der Waals surface area contributed by atoms with Crippen LogP contribution in [0.3, 0.4) is 0 Å². The molecule has 0 aliphatic rings. The average molecular weight is 334 g/mol. The molecule has 0 bridgehead atoms. The quantitative estimate of drug-likeness (QED) is 0.760. The number of aromatic nitrogens is 3. The first-order valence-corrected chi connectivity index (χ1v) is 8.31. The summed E-state index contributed by atoms with van der Waals surface area (Å²) in [7, 11) is 5.15. The molecule has 0 radical (unpaired) electrons. The number of methoxy groups -OCH3 is 1. The highest BCUT2D eigenvalue weighted by molar-refractivity contribution is 8.00. The topological polar surface area (TPSA) is 60.2 Å². The molecule has 0 saturated carbocycles. The van der Waals surface area contributed by atoms with Crippen LogP contribution in [0, 0.1) is 0 Å². The molecular formula is C16H22N4O2S.